The molecule has 0 saturated heterocycles. The first-order chi connectivity index (χ1) is 9.76. The molecule has 0 fully saturated rings. The summed E-state index contributed by atoms with van der Waals surface area (Å²) < 4.78 is 1.16. The van der Waals surface area contributed by atoms with Crippen LogP contribution < -0.4 is 5.32 Å². The zero-order valence-corrected chi connectivity index (χ0v) is 12.4. The predicted octanol–water partition coefficient (Wildman–Crippen LogP) is 3.88. The van der Waals surface area contributed by atoms with Crippen molar-refractivity contribution in [3.05, 3.63) is 35.5 Å². The minimum Gasteiger partial charge on any atom is -0.370 e. The smallest absolute Gasteiger partial charge is 0.163 e. The Morgan fingerprint density at radius 2 is 2.15 bits per heavy atom. The van der Waals surface area contributed by atoms with E-state index < -0.39 is 0 Å². The van der Waals surface area contributed by atoms with Gasteiger partial charge in [-0.3, -0.25) is 4.98 Å². The molecule has 102 valence electrons. The Kier molecular flexibility index (Phi) is 3.60. The molecule has 0 atom stereocenters. The molecule has 20 heavy (non-hydrogen) atoms. The highest BCUT2D eigenvalue weighted by molar-refractivity contribution is 7.17. The maximum atomic E-state index is 4.57. The van der Waals surface area contributed by atoms with Crippen LogP contribution in [0.2, 0.25) is 0 Å². The third-order valence-electron chi connectivity index (χ3n) is 2.97. The average molecular weight is 284 g/mol. The van der Waals surface area contributed by atoms with Crippen molar-refractivity contribution in [1.82, 2.24) is 15.0 Å². The van der Waals surface area contributed by atoms with E-state index >= 15 is 0 Å². The van der Waals surface area contributed by atoms with E-state index in [9.17, 15) is 0 Å². The van der Waals surface area contributed by atoms with Gasteiger partial charge in [0.1, 0.15) is 5.82 Å². The maximum Gasteiger partial charge on any atom is 0.163 e. The Morgan fingerprint density at radius 1 is 1.25 bits per heavy atom. The van der Waals surface area contributed by atoms with Gasteiger partial charge in [-0.15, -0.1) is 11.3 Å². The van der Waals surface area contributed by atoms with Gasteiger partial charge in [0.25, 0.3) is 0 Å². The molecule has 0 aromatic carbocycles. The van der Waals surface area contributed by atoms with Gasteiger partial charge in [-0.05, 0) is 30.9 Å². The van der Waals surface area contributed by atoms with Gasteiger partial charge in [0.05, 0.1) is 10.2 Å². The number of fused-ring (bicyclic) bond motifs is 1. The van der Waals surface area contributed by atoms with Gasteiger partial charge in [-0.25, -0.2) is 9.97 Å². The van der Waals surface area contributed by atoms with Crippen molar-refractivity contribution in [1.29, 1.82) is 0 Å². The Morgan fingerprint density at radius 3 is 3.00 bits per heavy atom. The number of anilines is 1. The fraction of sp³-hybridized carbons (Fsp3) is 0.267. The lowest BCUT2D eigenvalue weighted by molar-refractivity contribution is 0.962. The zero-order valence-electron chi connectivity index (χ0n) is 11.6. The van der Waals surface area contributed by atoms with Gasteiger partial charge < -0.3 is 5.32 Å². The van der Waals surface area contributed by atoms with Crippen molar-refractivity contribution in [3.63, 3.8) is 0 Å². The molecule has 0 bridgehead atoms. The van der Waals surface area contributed by atoms with E-state index in [2.05, 4.69) is 33.3 Å². The molecule has 0 aliphatic rings. The Hall–Kier alpha value is -2.01. The van der Waals surface area contributed by atoms with Crippen LogP contribution in [0, 0.1) is 6.92 Å². The second-order valence-electron chi connectivity index (χ2n) is 4.67. The number of nitrogens with zero attached hydrogens (tertiary/aromatic N) is 3. The third kappa shape index (κ3) is 2.63. The molecular weight excluding hydrogens is 268 g/mol. The minimum atomic E-state index is 0.728. The molecule has 0 aliphatic carbocycles. The van der Waals surface area contributed by atoms with E-state index in [0.717, 1.165) is 46.1 Å². The summed E-state index contributed by atoms with van der Waals surface area (Å²) in [6, 6.07) is 6.09. The van der Waals surface area contributed by atoms with Crippen LogP contribution in [-0.2, 0) is 0 Å². The number of hydrogen-bond donors (Lipinski definition) is 1. The normalized spacial score (nSPS) is 10.9. The molecule has 0 unspecified atom stereocenters. The molecule has 0 saturated carbocycles. The molecule has 0 aliphatic heterocycles. The van der Waals surface area contributed by atoms with Gasteiger partial charge in [0, 0.05) is 30.1 Å². The molecular formula is C15H16N4S. The highest BCUT2D eigenvalue weighted by Gasteiger charge is 2.07. The maximum absolute atomic E-state index is 4.57. The number of nitrogens with one attached hydrogen (secondary N) is 1. The average Bonchev–Trinajstić information content (AvgIpc) is 2.92. The van der Waals surface area contributed by atoms with E-state index in [1.807, 2.05) is 30.6 Å². The van der Waals surface area contributed by atoms with E-state index in [1.54, 1.807) is 11.3 Å². The van der Waals surface area contributed by atoms with Gasteiger partial charge >= 0.3 is 0 Å². The number of rotatable bonds is 4. The summed E-state index contributed by atoms with van der Waals surface area (Å²) in [4.78, 5) is 13.5. The Balaban J connectivity index is 2.01. The van der Waals surface area contributed by atoms with Crippen LogP contribution in [0.4, 0.5) is 5.82 Å². The monoisotopic (exact) mass is 284 g/mol. The first-order valence-corrected chi connectivity index (χ1v) is 7.57. The lowest BCUT2D eigenvalue weighted by atomic mass is 10.2. The van der Waals surface area contributed by atoms with Crippen molar-refractivity contribution < 1.29 is 0 Å². The van der Waals surface area contributed by atoms with E-state index in [0.29, 0.717) is 0 Å². The molecule has 5 heteroatoms. The predicted molar refractivity (Wildman–Crippen MR) is 84.2 cm³/mol. The summed E-state index contributed by atoms with van der Waals surface area (Å²) in [7, 11) is 0. The molecule has 3 rings (SSSR count). The zero-order chi connectivity index (χ0) is 13.9. The standard InChI is InChI=1S/C15H16N4S/c1-3-5-16-14-7-10(2)18-15(19-14)11-8-13-12(17-9-11)4-6-20-13/h4,6-9H,3,5H2,1-2H3,(H,16,18,19). The summed E-state index contributed by atoms with van der Waals surface area (Å²) in [6.45, 7) is 5.04. The lowest BCUT2D eigenvalue weighted by Crippen LogP contribution is -2.04. The van der Waals surface area contributed by atoms with Crippen molar-refractivity contribution in [3.8, 4) is 11.4 Å². The Labute approximate surface area is 121 Å². The molecule has 4 nitrogen and oxygen atoms in total. The summed E-state index contributed by atoms with van der Waals surface area (Å²) in [5.74, 6) is 1.60. The number of aromatic nitrogens is 3. The molecule has 0 amide bonds. The van der Waals surface area contributed by atoms with E-state index in [-0.39, 0.29) is 0 Å². The van der Waals surface area contributed by atoms with Crippen molar-refractivity contribution in [2.45, 2.75) is 20.3 Å². The van der Waals surface area contributed by atoms with Crippen LogP contribution in [0.5, 0.6) is 0 Å². The van der Waals surface area contributed by atoms with Crippen LogP contribution in [0.3, 0.4) is 0 Å². The molecule has 3 heterocycles. The van der Waals surface area contributed by atoms with E-state index in [4.69, 9.17) is 0 Å². The molecule has 3 aromatic heterocycles. The van der Waals surface area contributed by atoms with Crippen molar-refractivity contribution in [2.75, 3.05) is 11.9 Å². The quantitative estimate of drug-likeness (QED) is 0.790. The van der Waals surface area contributed by atoms with Gasteiger partial charge in [0.2, 0.25) is 0 Å². The second-order valence-corrected chi connectivity index (χ2v) is 5.62. The molecule has 1 N–H and O–H groups in total. The van der Waals surface area contributed by atoms with Gasteiger partial charge in [0.15, 0.2) is 5.82 Å². The highest BCUT2D eigenvalue weighted by atomic mass is 32.1. The fourth-order valence-electron chi connectivity index (χ4n) is 2.01. The van der Waals surface area contributed by atoms with E-state index in [1.165, 1.54) is 0 Å². The fourth-order valence-corrected chi connectivity index (χ4v) is 2.79. The summed E-state index contributed by atoms with van der Waals surface area (Å²) in [6.07, 6.45) is 2.91. The number of pyridine rings is 1. The largest absolute Gasteiger partial charge is 0.370 e. The van der Waals surface area contributed by atoms with Gasteiger partial charge in [-0.1, -0.05) is 6.92 Å². The lowest BCUT2D eigenvalue weighted by Gasteiger charge is -2.07. The molecule has 3 aromatic rings. The highest BCUT2D eigenvalue weighted by Crippen LogP contribution is 2.24. The first kappa shape index (κ1) is 13.0. The molecule has 0 radical (unpaired) electrons. The van der Waals surface area contributed by atoms with Crippen molar-refractivity contribution in [2.24, 2.45) is 0 Å². The number of aryl methyl sites for hydroxylation is 1. The van der Waals surface area contributed by atoms with Crippen LogP contribution in [0.25, 0.3) is 21.6 Å². The summed E-state index contributed by atoms with van der Waals surface area (Å²) in [5.41, 5.74) is 2.94. The van der Waals surface area contributed by atoms with Crippen LogP contribution in [-0.4, -0.2) is 21.5 Å². The molecule has 0 spiro atoms. The summed E-state index contributed by atoms with van der Waals surface area (Å²) >= 11 is 1.68. The summed E-state index contributed by atoms with van der Waals surface area (Å²) in [5, 5.41) is 5.36. The first-order valence-electron chi connectivity index (χ1n) is 6.69. The SMILES string of the molecule is CCCNc1cc(C)nc(-c2cnc3ccsc3c2)n1. The van der Waals surface area contributed by atoms with Gasteiger partial charge in [-0.2, -0.15) is 0 Å². The van der Waals surface area contributed by atoms with Crippen molar-refractivity contribution >= 4 is 27.4 Å². The number of hydrogen-bond acceptors (Lipinski definition) is 5. The minimum absolute atomic E-state index is 0.728. The topological polar surface area (TPSA) is 50.7 Å². The van der Waals surface area contributed by atoms with Crippen LogP contribution >= 0.6 is 11.3 Å². The van der Waals surface area contributed by atoms with Crippen LogP contribution in [0.1, 0.15) is 19.0 Å². The Bertz CT molecular complexity index is 736. The third-order valence-corrected chi connectivity index (χ3v) is 3.82. The van der Waals surface area contributed by atoms with Crippen LogP contribution in [0.15, 0.2) is 29.8 Å². The second kappa shape index (κ2) is 5.54. The number of thiophene rings is 1.